The van der Waals surface area contributed by atoms with Crippen molar-refractivity contribution in [1.29, 1.82) is 0 Å². The molecule has 0 aliphatic heterocycles. The van der Waals surface area contributed by atoms with Crippen molar-refractivity contribution in [2.24, 2.45) is 0 Å². The SMILES string of the molecule is O=C(O)CC(c1ccc(C(F)(F)F)cc1)c1c[nH]c2cc(OCCCNc3ncc[nH]3)ccc12. The lowest BCUT2D eigenvalue weighted by molar-refractivity contribution is -0.138. The number of carboxylic acids is 1. The highest BCUT2D eigenvalue weighted by Crippen LogP contribution is 2.36. The van der Waals surface area contributed by atoms with Crippen molar-refractivity contribution >= 4 is 22.8 Å². The number of nitrogens with zero attached hydrogens (tertiary/aromatic N) is 1. The molecule has 0 saturated heterocycles. The van der Waals surface area contributed by atoms with Gasteiger partial charge in [0.25, 0.3) is 0 Å². The molecule has 0 radical (unpaired) electrons. The number of ether oxygens (including phenoxy) is 1. The van der Waals surface area contributed by atoms with Crippen molar-refractivity contribution in [3.63, 3.8) is 0 Å². The molecule has 4 N–H and O–H groups in total. The number of carbonyl (C=O) groups is 1. The van der Waals surface area contributed by atoms with Gasteiger partial charge in [0.1, 0.15) is 5.75 Å². The molecular formula is C24H23F3N4O3. The number of imidazole rings is 1. The number of anilines is 1. The van der Waals surface area contributed by atoms with Gasteiger partial charge in [0.2, 0.25) is 0 Å². The van der Waals surface area contributed by atoms with Crippen LogP contribution in [-0.4, -0.2) is 39.2 Å². The van der Waals surface area contributed by atoms with E-state index in [4.69, 9.17) is 4.74 Å². The molecule has 4 aromatic rings. The van der Waals surface area contributed by atoms with Crippen LogP contribution < -0.4 is 10.1 Å². The number of aromatic amines is 2. The summed E-state index contributed by atoms with van der Waals surface area (Å²) in [5.74, 6) is -0.289. The molecule has 10 heteroatoms. The number of H-pyrrole nitrogens is 2. The van der Waals surface area contributed by atoms with Gasteiger partial charge < -0.3 is 25.1 Å². The third kappa shape index (κ3) is 5.51. The second-order valence-electron chi connectivity index (χ2n) is 7.79. The third-order valence-corrected chi connectivity index (χ3v) is 5.46. The summed E-state index contributed by atoms with van der Waals surface area (Å²) in [6.45, 7) is 1.17. The molecule has 0 bridgehead atoms. The van der Waals surface area contributed by atoms with Gasteiger partial charge in [0.15, 0.2) is 5.95 Å². The van der Waals surface area contributed by atoms with Crippen molar-refractivity contribution in [3.8, 4) is 5.75 Å². The first kappa shape index (κ1) is 23.2. The summed E-state index contributed by atoms with van der Waals surface area (Å²) in [6.07, 6.45) is 1.15. The van der Waals surface area contributed by atoms with Crippen LogP contribution in [0.15, 0.2) is 61.1 Å². The predicted octanol–water partition coefficient (Wildman–Crippen LogP) is 5.40. The largest absolute Gasteiger partial charge is 0.493 e. The quantitative estimate of drug-likeness (QED) is 0.232. The number of hydrogen-bond donors (Lipinski definition) is 4. The van der Waals surface area contributed by atoms with E-state index >= 15 is 0 Å². The summed E-state index contributed by atoms with van der Waals surface area (Å²) in [5, 5.41) is 13.3. The zero-order valence-corrected chi connectivity index (χ0v) is 18.0. The Balaban J connectivity index is 1.47. The fourth-order valence-corrected chi connectivity index (χ4v) is 3.82. The molecule has 178 valence electrons. The minimum absolute atomic E-state index is 0.251. The van der Waals surface area contributed by atoms with Crippen LogP contribution in [-0.2, 0) is 11.0 Å². The molecule has 1 atom stereocenters. The van der Waals surface area contributed by atoms with Crippen molar-refractivity contribution in [3.05, 3.63) is 77.7 Å². The molecule has 2 aromatic heterocycles. The second kappa shape index (κ2) is 9.90. The maximum Gasteiger partial charge on any atom is 0.416 e. The molecule has 0 amide bonds. The number of carboxylic acid groups (broad SMARTS) is 1. The van der Waals surface area contributed by atoms with Crippen LogP contribution in [0, 0.1) is 0 Å². The number of alkyl halides is 3. The van der Waals surface area contributed by atoms with E-state index < -0.39 is 23.6 Å². The lowest BCUT2D eigenvalue weighted by Gasteiger charge is -2.16. The van der Waals surface area contributed by atoms with Gasteiger partial charge in [0.05, 0.1) is 18.6 Å². The molecular weight excluding hydrogens is 449 g/mol. The standard InChI is InChI=1S/C24H23F3N4O3/c25-24(26,27)16-4-2-15(3-5-16)19(13-22(32)33)20-14-31-21-12-17(6-7-18(20)21)34-11-1-8-28-23-29-9-10-30-23/h2-7,9-10,12,14,19,31H,1,8,11,13H2,(H,32,33)(H2,28,29,30). The highest BCUT2D eigenvalue weighted by atomic mass is 19.4. The van der Waals surface area contributed by atoms with Crippen molar-refractivity contribution in [2.45, 2.75) is 24.9 Å². The van der Waals surface area contributed by atoms with Crippen molar-refractivity contribution < 1.29 is 27.8 Å². The van der Waals surface area contributed by atoms with Crippen LogP contribution >= 0.6 is 0 Å². The van der Waals surface area contributed by atoms with Crippen molar-refractivity contribution in [1.82, 2.24) is 15.0 Å². The number of nitrogens with one attached hydrogen (secondary N) is 3. The van der Waals surface area contributed by atoms with Gasteiger partial charge in [-0.25, -0.2) is 4.98 Å². The Bertz CT molecular complexity index is 1230. The van der Waals surface area contributed by atoms with Crippen LogP contribution in [0.5, 0.6) is 5.75 Å². The molecule has 0 spiro atoms. The van der Waals surface area contributed by atoms with E-state index in [2.05, 4.69) is 20.3 Å². The molecule has 0 fully saturated rings. The Morgan fingerprint density at radius 3 is 2.62 bits per heavy atom. The van der Waals surface area contributed by atoms with Gasteiger partial charge in [-0.15, -0.1) is 0 Å². The molecule has 34 heavy (non-hydrogen) atoms. The normalized spacial score (nSPS) is 12.6. The van der Waals surface area contributed by atoms with Crippen LogP contribution in [0.3, 0.4) is 0 Å². The average Bonchev–Trinajstić information content (AvgIpc) is 3.46. The van der Waals surface area contributed by atoms with E-state index in [1.807, 2.05) is 12.1 Å². The maximum atomic E-state index is 12.9. The van der Waals surface area contributed by atoms with Gasteiger partial charge >= 0.3 is 12.1 Å². The van der Waals surface area contributed by atoms with E-state index in [0.29, 0.717) is 36.0 Å². The maximum absolute atomic E-state index is 12.9. The second-order valence-corrected chi connectivity index (χ2v) is 7.79. The fraction of sp³-hybridized carbons (Fsp3) is 0.250. The zero-order valence-electron chi connectivity index (χ0n) is 18.0. The van der Waals surface area contributed by atoms with Crippen LogP contribution in [0.2, 0.25) is 0 Å². The number of halogens is 3. The number of rotatable bonds is 10. The van der Waals surface area contributed by atoms with Gasteiger partial charge in [-0.2, -0.15) is 13.2 Å². The summed E-state index contributed by atoms with van der Waals surface area (Å²) >= 11 is 0. The van der Waals surface area contributed by atoms with Gasteiger partial charge in [-0.1, -0.05) is 12.1 Å². The van der Waals surface area contributed by atoms with Crippen LogP contribution in [0.1, 0.15) is 35.4 Å². The molecule has 4 rings (SSSR count). The number of benzene rings is 2. The first-order valence-electron chi connectivity index (χ1n) is 10.7. The monoisotopic (exact) mass is 472 g/mol. The number of aromatic nitrogens is 3. The number of fused-ring (bicyclic) bond motifs is 1. The Morgan fingerprint density at radius 1 is 1.15 bits per heavy atom. The minimum Gasteiger partial charge on any atom is -0.493 e. The Kier molecular flexibility index (Phi) is 6.76. The predicted molar refractivity (Wildman–Crippen MR) is 121 cm³/mol. The van der Waals surface area contributed by atoms with Gasteiger partial charge in [-0.05, 0) is 41.8 Å². The van der Waals surface area contributed by atoms with E-state index in [1.165, 1.54) is 12.1 Å². The number of hydrogen-bond acceptors (Lipinski definition) is 4. The average molecular weight is 472 g/mol. The number of aliphatic carboxylic acids is 1. The Hall–Kier alpha value is -3.95. The Morgan fingerprint density at radius 2 is 1.94 bits per heavy atom. The summed E-state index contributed by atoms with van der Waals surface area (Å²) < 4.78 is 44.6. The van der Waals surface area contributed by atoms with Crippen LogP contribution in [0.25, 0.3) is 10.9 Å². The summed E-state index contributed by atoms with van der Waals surface area (Å²) in [4.78, 5) is 21.7. The smallest absolute Gasteiger partial charge is 0.416 e. The molecule has 0 aliphatic rings. The molecule has 0 saturated carbocycles. The van der Waals surface area contributed by atoms with E-state index in [0.717, 1.165) is 29.5 Å². The minimum atomic E-state index is -4.45. The molecule has 2 heterocycles. The highest BCUT2D eigenvalue weighted by Gasteiger charge is 2.30. The molecule has 1 unspecified atom stereocenters. The molecule has 0 aliphatic carbocycles. The summed E-state index contributed by atoms with van der Waals surface area (Å²) in [7, 11) is 0. The third-order valence-electron chi connectivity index (χ3n) is 5.46. The van der Waals surface area contributed by atoms with E-state index in [-0.39, 0.29) is 6.42 Å². The van der Waals surface area contributed by atoms with Gasteiger partial charge in [0, 0.05) is 48.0 Å². The zero-order chi connectivity index (χ0) is 24.1. The van der Waals surface area contributed by atoms with Gasteiger partial charge in [-0.3, -0.25) is 4.79 Å². The van der Waals surface area contributed by atoms with E-state index in [9.17, 15) is 23.1 Å². The van der Waals surface area contributed by atoms with Crippen molar-refractivity contribution in [2.75, 3.05) is 18.5 Å². The molecule has 7 nitrogen and oxygen atoms in total. The highest BCUT2D eigenvalue weighted by molar-refractivity contribution is 5.86. The summed E-state index contributed by atoms with van der Waals surface area (Å²) in [5.41, 5.74) is 1.18. The summed E-state index contributed by atoms with van der Waals surface area (Å²) in [6, 6.07) is 10.1. The fourth-order valence-electron chi connectivity index (χ4n) is 3.82. The topological polar surface area (TPSA) is 103 Å². The lowest BCUT2D eigenvalue weighted by Crippen LogP contribution is -2.09. The first-order valence-corrected chi connectivity index (χ1v) is 10.7. The van der Waals surface area contributed by atoms with Crippen LogP contribution in [0.4, 0.5) is 19.1 Å². The molecule has 2 aromatic carbocycles. The Labute approximate surface area is 193 Å². The van der Waals surface area contributed by atoms with E-state index in [1.54, 1.807) is 24.7 Å². The lowest BCUT2D eigenvalue weighted by atomic mass is 9.88. The first-order chi connectivity index (χ1) is 16.3.